The summed E-state index contributed by atoms with van der Waals surface area (Å²) in [6, 6.07) is 22.3. The predicted octanol–water partition coefficient (Wildman–Crippen LogP) is 4.66. The average Bonchev–Trinajstić information content (AvgIpc) is 3.19. The third-order valence-electron chi connectivity index (χ3n) is 7.55. The van der Waals surface area contributed by atoms with Crippen LogP contribution < -0.4 is 0 Å². The standard InChI is InChI=1S/C26H32N2O/c29-26(23-12-7-13-23)28-18-24(22-10-5-2-6-11-22)25(19-28)27-16-14-21(15-17-27)20-8-3-1-4-9-20/h1-6,8-11,21,23-25H,7,12-19H2/t24-,25+/m0/s1. The van der Waals surface area contributed by atoms with Crippen molar-refractivity contribution in [1.29, 1.82) is 0 Å². The Balaban J connectivity index is 1.30. The molecule has 3 nitrogen and oxygen atoms in total. The first-order valence-corrected chi connectivity index (χ1v) is 11.4. The molecule has 2 heterocycles. The van der Waals surface area contributed by atoms with Crippen LogP contribution in [0.2, 0.25) is 0 Å². The minimum atomic E-state index is 0.300. The van der Waals surface area contributed by atoms with Gasteiger partial charge in [-0.25, -0.2) is 0 Å². The molecule has 1 aliphatic carbocycles. The molecular formula is C26H32N2O. The fourth-order valence-electron chi connectivity index (χ4n) is 5.57. The van der Waals surface area contributed by atoms with Crippen molar-refractivity contribution in [3.05, 3.63) is 71.8 Å². The van der Waals surface area contributed by atoms with Gasteiger partial charge >= 0.3 is 0 Å². The molecule has 152 valence electrons. The second-order valence-electron chi connectivity index (χ2n) is 9.18. The fraction of sp³-hybridized carbons (Fsp3) is 0.500. The quantitative estimate of drug-likeness (QED) is 0.760. The molecule has 2 aromatic rings. The Kier molecular flexibility index (Phi) is 5.41. The second-order valence-corrected chi connectivity index (χ2v) is 9.18. The van der Waals surface area contributed by atoms with Crippen LogP contribution in [0.25, 0.3) is 0 Å². The summed E-state index contributed by atoms with van der Waals surface area (Å²) < 4.78 is 0. The van der Waals surface area contributed by atoms with Gasteiger partial charge in [0, 0.05) is 31.0 Å². The normalized spacial score (nSPS) is 26.4. The number of benzene rings is 2. The molecule has 5 rings (SSSR count). The molecule has 3 aliphatic rings. The van der Waals surface area contributed by atoms with Gasteiger partial charge in [-0.05, 0) is 55.8 Å². The lowest BCUT2D eigenvalue weighted by Gasteiger charge is -2.38. The SMILES string of the molecule is O=C(C1CCC1)N1C[C@@H](N2CCC(c3ccccc3)CC2)[C@H](c2ccccc2)C1. The zero-order chi connectivity index (χ0) is 19.6. The number of piperidine rings is 1. The van der Waals surface area contributed by atoms with E-state index in [1.807, 2.05) is 0 Å². The van der Waals surface area contributed by atoms with Gasteiger partial charge in [0.25, 0.3) is 0 Å². The van der Waals surface area contributed by atoms with Gasteiger partial charge in [-0.2, -0.15) is 0 Å². The van der Waals surface area contributed by atoms with Crippen LogP contribution in [-0.4, -0.2) is 47.9 Å². The Morgan fingerprint density at radius 3 is 1.97 bits per heavy atom. The summed E-state index contributed by atoms with van der Waals surface area (Å²) in [5.41, 5.74) is 2.88. The van der Waals surface area contributed by atoms with Gasteiger partial charge in [-0.1, -0.05) is 67.1 Å². The summed E-state index contributed by atoms with van der Waals surface area (Å²) in [7, 11) is 0. The number of carbonyl (C=O) groups is 1. The molecule has 2 saturated heterocycles. The molecule has 0 unspecified atom stereocenters. The van der Waals surface area contributed by atoms with E-state index in [0.717, 1.165) is 39.0 Å². The number of amides is 1. The molecule has 2 aliphatic heterocycles. The molecule has 0 spiro atoms. The van der Waals surface area contributed by atoms with Crippen LogP contribution in [0.4, 0.5) is 0 Å². The maximum atomic E-state index is 13.0. The molecule has 3 heteroatoms. The van der Waals surface area contributed by atoms with Crippen LogP contribution in [0.1, 0.15) is 55.1 Å². The smallest absolute Gasteiger partial charge is 0.225 e. The topological polar surface area (TPSA) is 23.6 Å². The van der Waals surface area contributed by atoms with Crippen molar-refractivity contribution >= 4 is 5.91 Å². The van der Waals surface area contributed by atoms with Gasteiger partial charge in [-0.3, -0.25) is 9.69 Å². The van der Waals surface area contributed by atoms with Crippen molar-refractivity contribution in [2.45, 2.75) is 50.0 Å². The van der Waals surface area contributed by atoms with Crippen LogP contribution in [0, 0.1) is 5.92 Å². The van der Waals surface area contributed by atoms with Gasteiger partial charge in [0.1, 0.15) is 0 Å². The van der Waals surface area contributed by atoms with Crippen molar-refractivity contribution in [2.75, 3.05) is 26.2 Å². The maximum Gasteiger partial charge on any atom is 0.225 e. The van der Waals surface area contributed by atoms with Crippen LogP contribution in [0.3, 0.4) is 0 Å². The minimum absolute atomic E-state index is 0.300. The lowest BCUT2D eigenvalue weighted by atomic mass is 9.84. The number of carbonyl (C=O) groups excluding carboxylic acids is 1. The summed E-state index contributed by atoms with van der Waals surface area (Å²) in [6.07, 6.45) is 5.86. The highest BCUT2D eigenvalue weighted by atomic mass is 16.2. The molecule has 0 N–H and O–H groups in total. The number of nitrogens with zero attached hydrogens (tertiary/aromatic N) is 2. The number of hydrogen-bond acceptors (Lipinski definition) is 2. The van der Waals surface area contributed by atoms with Crippen molar-refractivity contribution < 1.29 is 4.79 Å². The molecule has 1 saturated carbocycles. The first-order chi connectivity index (χ1) is 14.3. The van der Waals surface area contributed by atoms with Crippen molar-refractivity contribution in [3.63, 3.8) is 0 Å². The Hall–Kier alpha value is -2.13. The monoisotopic (exact) mass is 388 g/mol. The third-order valence-corrected chi connectivity index (χ3v) is 7.55. The lowest BCUT2D eigenvalue weighted by Crippen LogP contribution is -2.45. The Morgan fingerprint density at radius 1 is 0.759 bits per heavy atom. The molecule has 3 fully saturated rings. The predicted molar refractivity (Wildman–Crippen MR) is 117 cm³/mol. The van der Waals surface area contributed by atoms with E-state index in [4.69, 9.17) is 0 Å². The molecule has 29 heavy (non-hydrogen) atoms. The number of hydrogen-bond donors (Lipinski definition) is 0. The van der Waals surface area contributed by atoms with Crippen LogP contribution >= 0.6 is 0 Å². The third kappa shape index (κ3) is 3.85. The van der Waals surface area contributed by atoms with Gasteiger partial charge in [-0.15, -0.1) is 0 Å². The molecule has 0 aromatic heterocycles. The maximum absolute atomic E-state index is 13.0. The van der Waals surface area contributed by atoms with E-state index in [0.29, 0.717) is 29.7 Å². The van der Waals surface area contributed by atoms with E-state index in [2.05, 4.69) is 70.5 Å². The Labute approximate surface area is 174 Å². The summed E-state index contributed by atoms with van der Waals surface area (Å²) in [6.45, 7) is 4.07. The summed E-state index contributed by atoms with van der Waals surface area (Å²) in [4.78, 5) is 17.9. The van der Waals surface area contributed by atoms with Gasteiger partial charge in [0.05, 0.1) is 0 Å². The van der Waals surface area contributed by atoms with Crippen LogP contribution in [-0.2, 0) is 4.79 Å². The van der Waals surface area contributed by atoms with Gasteiger partial charge in [0.15, 0.2) is 0 Å². The first-order valence-electron chi connectivity index (χ1n) is 11.4. The highest BCUT2D eigenvalue weighted by molar-refractivity contribution is 5.80. The minimum Gasteiger partial charge on any atom is -0.340 e. The second kappa shape index (κ2) is 8.31. The zero-order valence-corrected chi connectivity index (χ0v) is 17.2. The zero-order valence-electron chi connectivity index (χ0n) is 17.2. The van der Waals surface area contributed by atoms with E-state index in [-0.39, 0.29) is 0 Å². The van der Waals surface area contributed by atoms with E-state index in [1.165, 1.54) is 30.4 Å². The first kappa shape index (κ1) is 18.9. The summed E-state index contributed by atoms with van der Waals surface area (Å²) in [5, 5.41) is 0. The largest absolute Gasteiger partial charge is 0.340 e. The molecule has 0 bridgehead atoms. The number of rotatable bonds is 4. The van der Waals surface area contributed by atoms with Gasteiger partial charge in [0.2, 0.25) is 5.91 Å². The fourth-order valence-corrected chi connectivity index (χ4v) is 5.57. The highest BCUT2D eigenvalue weighted by Crippen LogP contribution is 2.37. The van der Waals surface area contributed by atoms with Crippen LogP contribution in [0.5, 0.6) is 0 Å². The van der Waals surface area contributed by atoms with Crippen molar-refractivity contribution in [2.24, 2.45) is 5.92 Å². The Bertz CT molecular complexity index is 809. The molecule has 2 atom stereocenters. The molecule has 2 aromatic carbocycles. The highest BCUT2D eigenvalue weighted by Gasteiger charge is 2.42. The molecule has 0 radical (unpaired) electrons. The van der Waals surface area contributed by atoms with Gasteiger partial charge < -0.3 is 4.90 Å². The van der Waals surface area contributed by atoms with Crippen molar-refractivity contribution in [1.82, 2.24) is 9.80 Å². The summed E-state index contributed by atoms with van der Waals surface area (Å²) >= 11 is 0. The lowest BCUT2D eigenvalue weighted by molar-refractivity contribution is -0.137. The number of likely N-dealkylation sites (tertiary alicyclic amines) is 2. The average molecular weight is 389 g/mol. The Morgan fingerprint density at radius 2 is 1.38 bits per heavy atom. The van der Waals surface area contributed by atoms with Crippen molar-refractivity contribution in [3.8, 4) is 0 Å². The summed E-state index contributed by atoms with van der Waals surface area (Å²) in [5.74, 6) is 1.83. The molecular weight excluding hydrogens is 356 g/mol. The van der Waals surface area contributed by atoms with Crippen LogP contribution in [0.15, 0.2) is 60.7 Å². The van der Waals surface area contributed by atoms with E-state index < -0.39 is 0 Å². The van der Waals surface area contributed by atoms with E-state index in [9.17, 15) is 4.79 Å². The van der Waals surface area contributed by atoms with E-state index >= 15 is 0 Å². The van der Waals surface area contributed by atoms with E-state index in [1.54, 1.807) is 0 Å². The molecule has 1 amide bonds.